The van der Waals surface area contributed by atoms with Gasteiger partial charge in [-0.1, -0.05) is 19.3 Å². The summed E-state index contributed by atoms with van der Waals surface area (Å²) in [6.45, 7) is 6.89. The van der Waals surface area contributed by atoms with E-state index in [9.17, 15) is 8.42 Å². The van der Waals surface area contributed by atoms with Crippen molar-refractivity contribution in [2.75, 3.05) is 12.8 Å². The van der Waals surface area contributed by atoms with Gasteiger partial charge in [-0.05, 0) is 51.9 Å². The lowest BCUT2D eigenvalue weighted by atomic mass is 9.55. The largest absolute Gasteiger partial charge is 0.310 e. The molecule has 0 radical (unpaired) electrons. The van der Waals surface area contributed by atoms with E-state index in [1.54, 1.807) is 0 Å². The molecule has 2 aliphatic rings. The maximum Gasteiger partial charge on any atom is 0.154 e. The minimum Gasteiger partial charge on any atom is -0.310 e. The monoisotopic (exact) mass is 287 g/mol. The molecule has 3 nitrogen and oxygen atoms in total. The Kier molecular flexibility index (Phi) is 3.81. The fourth-order valence-electron chi connectivity index (χ4n) is 3.91. The van der Waals surface area contributed by atoms with Gasteiger partial charge in [-0.25, -0.2) is 8.42 Å². The maximum absolute atomic E-state index is 12.2. The highest BCUT2D eigenvalue weighted by Gasteiger charge is 2.59. The van der Waals surface area contributed by atoms with Gasteiger partial charge in [0.05, 0.1) is 4.75 Å². The highest BCUT2D eigenvalue weighted by molar-refractivity contribution is 7.92. The Balaban J connectivity index is 2.08. The summed E-state index contributed by atoms with van der Waals surface area (Å²) in [5.41, 5.74) is 0.327. The van der Waals surface area contributed by atoms with Gasteiger partial charge in [0.1, 0.15) is 0 Å². The smallest absolute Gasteiger partial charge is 0.154 e. The standard InChI is InChI=1S/C15H29NO2S/c1-13(2,3)16-12-15(19(4,17)18)10-14(11-15)8-6-5-7-9-14/h16H,5-12H2,1-4H3. The van der Waals surface area contributed by atoms with Crippen LogP contribution in [-0.4, -0.2) is 31.5 Å². The van der Waals surface area contributed by atoms with Gasteiger partial charge in [-0.15, -0.1) is 0 Å². The number of sulfone groups is 1. The maximum atomic E-state index is 12.2. The van der Waals surface area contributed by atoms with E-state index < -0.39 is 14.6 Å². The quantitative estimate of drug-likeness (QED) is 0.868. The second kappa shape index (κ2) is 4.73. The molecule has 19 heavy (non-hydrogen) atoms. The summed E-state index contributed by atoms with van der Waals surface area (Å²) in [6.07, 6.45) is 9.55. The van der Waals surface area contributed by atoms with Crippen LogP contribution in [-0.2, 0) is 9.84 Å². The summed E-state index contributed by atoms with van der Waals surface area (Å²) in [7, 11) is -2.99. The molecule has 2 rings (SSSR count). The molecule has 1 N–H and O–H groups in total. The van der Waals surface area contributed by atoms with E-state index in [-0.39, 0.29) is 5.54 Å². The van der Waals surface area contributed by atoms with E-state index >= 15 is 0 Å². The predicted molar refractivity (Wildman–Crippen MR) is 80.1 cm³/mol. The molecule has 0 bridgehead atoms. The average molecular weight is 287 g/mol. The Bertz CT molecular complexity index is 420. The lowest BCUT2D eigenvalue weighted by Gasteiger charge is -2.57. The van der Waals surface area contributed by atoms with Crippen molar-refractivity contribution < 1.29 is 8.42 Å². The van der Waals surface area contributed by atoms with E-state index in [1.807, 2.05) is 0 Å². The third-order valence-corrected chi connectivity index (χ3v) is 7.04. The zero-order valence-corrected chi connectivity index (χ0v) is 13.7. The molecule has 0 unspecified atom stereocenters. The van der Waals surface area contributed by atoms with Crippen LogP contribution in [0.4, 0.5) is 0 Å². The number of nitrogens with one attached hydrogen (secondary N) is 1. The van der Waals surface area contributed by atoms with Crippen molar-refractivity contribution in [3.8, 4) is 0 Å². The van der Waals surface area contributed by atoms with Crippen molar-refractivity contribution in [1.82, 2.24) is 5.32 Å². The van der Waals surface area contributed by atoms with Crippen LogP contribution in [0.2, 0.25) is 0 Å². The fraction of sp³-hybridized carbons (Fsp3) is 1.00. The van der Waals surface area contributed by atoms with Crippen molar-refractivity contribution in [2.45, 2.75) is 76.0 Å². The average Bonchev–Trinajstić information content (AvgIpc) is 2.21. The zero-order valence-electron chi connectivity index (χ0n) is 12.9. The number of hydrogen-bond donors (Lipinski definition) is 1. The molecule has 0 heterocycles. The van der Waals surface area contributed by atoms with E-state index in [1.165, 1.54) is 38.4 Å². The highest BCUT2D eigenvalue weighted by atomic mass is 32.2. The Labute approximate surface area is 118 Å². The summed E-state index contributed by atoms with van der Waals surface area (Å²) < 4.78 is 24.0. The normalized spacial score (nSPS) is 26.1. The molecule has 1 spiro atoms. The van der Waals surface area contributed by atoms with Crippen LogP contribution >= 0.6 is 0 Å². The molecule has 0 amide bonds. The molecule has 0 atom stereocenters. The van der Waals surface area contributed by atoms with Gasteiger partial charge in [0.25, 0.3) is 0 Å². The Morgan fingerprint density at radius 2 is 1.58 bits per heavy atom. The van der Waals surface area contributed by atoms with Crippen LogP contribution in [0.1, 0.15) is 65.7 Å². The zero-order chi connectivity index (χ0) is 14.4. The number of rotatable bonds is 3. The van der Waals surface area contributed by atoms with Crippen LogP contribution in [0, 0.1) is 5.41 Å². The molecule has 0 saturated heterocycles. The highest BCUT2D eigenvalue weighted by Crippen LogP contribution is 2.59. The molecule has 0 aromatic heterocycles. The third-order valence-electron chi connectivity index (χ3n) is 5.04. The van der Waals surface area contributed by atoms with Gasteiger partial charge in [-0.3, -0.25) is 0 Å². The minimum absolute atomic E-state index is 0.0208. The first kappa shape index (κ1) is 15.3. The van der Waals surface area contributed by atoms with E-state index in [0.717, 1.165) is 12.8 Å². The third kappa shape index (κ3) is 3.15. The summed E-state index contributed by atoms with van der Waals surface area (Å²) in [6, 6.07) is 0. The first-order valence-electron chi connectivity index (χ1n) is 7.52. The molecule has 2 fully saturated rings. The second-order valence-corrected chi connectivity index (χ2v) is 10.4. The fourth-order valence-corrected chi connectivity index (χ4v) is 5.39. The predicted octanol–water partition coefficient (Wildman–Crippen LogP) is 2.90. The van der Waals surface area contributed by atoms with Crippen molar-refractivity contribution in [1.29, 1.82) is 0 Å². The van der Waals surface area contributed by atoms with Crippen molar-refractivity contribution in [2.24, 2.45) is 5.41 Å². The first-order valence-corrected chi connectivity index (χ1v) is 9.42. The van der Waals surface area contributed by atoms with E-state index in [4.69, 9.17) is 0 Å². The first-order chi connectivity index (χ1) is 8.58. The van der Waals surface area contributed by atoms with Crippen LogP contribution in [0.15, 0.2) is 0 Å². The Morgan fingerprint density at radius 3 is 2.00 bits per heavy atom. The lowest BCUT2D eigenvalue weighted by molar-refractivity contribution is 0.0292. The molecule has 112 valence electrons. The van der Waals surface area contributed by atoms with Crippen molar-refractivity contribution in [3.63, 3.8) is 0 Å². The van der Waals surface area contributed by atoms with Gasteiger partial charge in [0.2, 0.25) is 0 Å². The molecule has 0 aromatic carbocycles. The SMILES string of the molecule is CC(C)(C)NCC1(S(C)(=O)=O)CC2(CCCCC2)C1. The topological polar surface area (TPSA) is 46.2 Å². The van der Waals surface area contributed by atoms with Gasteiger partial charge < -0.3 is 5.32 Å². The Hall–Kier alpha value is -0.0900. The molecular weight excluding hydrogens is 258 g/mol. The van der Waals surface area contributed by atoms with Gasteiger partial charge in [0, 0.05) is 18.3 Å². The van der Waals surface area contributed by atoms with Crippen LogP contribution < -0.4 is 5.32 Å². The Morgan fingerprint density at radius 1 is 1.05 bits per heavy atom. The molecule has 2 aliphatic carbocycles. The van der Waals surface area contributed by atoms with Gasteiger partial charge in [-0.2, -0.15) is 0 Å². The summed E-state index contributed by atoms with van der Waals surface area (Å²) in [4.78, 5) is 0. The van der Waals surface area contributed by atoms with E-state index in [0.29, 0.717) is 12.0 Å². The summed E-state index contributed by atoms with van der Waals surface area (Å²) in [5.74, 6) is 0. The second-order valence-electron chi connectivity index (χ2n) is 7.97. The molecule has 4 heteroatoms. The van der Waals surface area contributed by atoms with Crippen LogP contribution in [0.5, 0.6) is 0 Å². The van der Waals surface area contributed by atoms with Crippen LogP contribution in [0.25, 0.3) is 0 Å². The molecule has 0 aliphatic heterocycles. The summed E-state index contributed by atoms with van der Waals surface area (Å²) in [5, 5.41) is 3.41. The minimum atomic E-state index is -2.99. The molecular formula is C15H29NO2S. The molecule has 0 aromatic rings. The van der Waals surface area contributed by atoms with Crippen LogP contribution in [0.3, 0.4) is 0 Å². The van der Waals surface area contributed by atoms with Gasteiger partial charge >= 0.3 is 0 Å². The van der Waals surface area contributed by atoms with Crippen molar-refractivity contribution >= 4 is 9.84 Å². The van der Waals surface area contributed by atoms with E-state index in [2.05, 4.69) is 26.1 Å². The lowest BCUT2D eigenvalue weighted by Crippen LogP contribution is -2.63. The number of hydrogen-bond acceptors (Lipinski definition) is 3. The summed E-state index contributed by atoms with van der Waals surface area (Å²) >= 11 is 0. The van der Waals surface area contributed by atoms with Gasteiger partial charge in [0.15, 0.2) is 9.84 Å². The molecule has 2 saturated carbocycles. The van der Waals surface area contributed by atoms with Crippen molar-refractivity contribution in [3.05, 3.63) is 0 Å².